The first-order valence-electron chi connectivity index (χ1n) is 7.97. The summed E-state index contributed by atoms with van der Waals surface area (Å²) >= 11 is 0. The number of carbonyl (C=O) groups excluding carboxylic acids is 1. The third-order valence-corrected chi connectivity index (χ3v) is 4.30. The van der Waals surface area contributed by atoms with Gasteiger partial charge in [-0.05, 0) is 64.8 Å². The third kappa shape index (κ3) is 3.20. The third-order valence-electron chi connectivity index (χ3n) is 4.30. The first kappa shape index (κ1) is 17.8. The van der Waals surface area contributed by atoms with E-state index in [1.54, 1.807) is 13.0 Å². The number of hydrogen-bond acceptors (Lipinski definition) is 2. The van der Waals surface area contributed by atoms with Crippen molar-refractivity contribution in [2.24, 2.45) is 0 Å². The second-order valence-corrected chi connectivity index (χ2v) is 6.49. The summed E-state index contributed by atoms with van der Waals surface area (Å²) in [7, 11) is 0. The SMILES string of the molecule is Cc1cc(C)c(C(=O)O)cc1NC(=O)c1cc(C)n(C(C)C)c1C. The summed E-state index contributed by atoms with van der Waals surface area (Å²) in [4.78, 5) is 24.0. The number of carboxylic acid groups (broad SMARTS) is 1. The van der Waals surface area contributed by atoms with Crippen molar-refractivity contribution < 1.29 is 14.7 Å². The molecule has 128 valence electrons. The lowest BCUT2D eigenvalue weighted by atomic mass is 10.0. The maximum absolute atomic E-state index is 12.7. The molecule has 24 heavy (non-hydrogen) atoms. The molecule has 1 aromatic carbocycles. The molecule has 0 saturated heterocycles. The highest BCUT2D eigenvalue weighted by atomic mass is 16.4. The number of nitrogens with zero attached hydrogens (tertiary/aromatic N) is 1. The molecule has 0 aliphatic heterocycles. The molecule has 0 aliphatic rings. The highest BCUT2D eigenvalue weighted by molar-refractivity contribution is 6.06. The predicted molar refractivity (Wildman–Crippen MR) is 95.1 cm³/mol. The Morgan fingerprint density at radius 1 is 1.00 bits per heavy atom. The first-order chi connectivity index (χ1) is 11.1. The summed E-state index contributed by atoms with van der Waals surface area (Å²) in [5.41, 5.74) is 4.78. The Morgan fingerprint density at radius 2 is 1.62 bits per heavy atom. The van der Waals surface area contributed by atoms with Gasteiger partial charge in [0.1, 0.15) is 0 Å². The molecule has 0 spiro atoms. The molecule has 0 aliphatic carbocycles. The van der Waals surface area contributed by atoms with Gasteiger partial charge in [0.05, 0.1) is 11.1 Å². The first-order valence-corrected chi connectivity index (χ1v) is 7.97. The summed E-state index contributed by atoms with van der Waals surface area (Å²) in [5, 5.41) is 12.1. The van der Waals surface area contributed by atoms with E-state index in [1.807, 2.05) is 26.8 Å². The second kappa shape index (κ2) is 6.51. The van der Waals surface area contributed by atoms with Crippen LogP contribution >= 0.6 is 0 Å². The van der Waals surface area contributed by atoms with Crippen LogP contribution in [0.15, 0.2) is 18.2 Å². The van der Waals surface area contributed by atoms with Gasteiger partial charge >= 0.3 is 5.97 Å². The lowest BCUT2D eigenvalue weighted by Crippen LogP contribution is -2.15. The fourth-order valence-electron chi connectivity index (χ4n) is 3.21. The van der Waals surface area contributed by atoms with Crippen LogP contribution in [0.5, 0.6) is 0 Å². The summed E-state index contributed by atoms with van der Waals surface area (Å²) in [5.74, 6) is -1.22. The zero-order chi connectivity index (χ0) is 18.2. The number of hydrogen-bond donors (Lipinski definition) is 2. The zero-order valence-electron chi connectivity index (χ0n) is 15.0. The number of aromatic nitrogens is 1. The minimum atomic E-state index is -0.999. The van der Waals surface area contributed by atoms with Gasteiger partial charge in [0, 0.05) is 23.1 Å². The highest BCUT2D eigenvalue weighted by Gasteiger charge is 2.19. The lowest BCUT2D eigenvalue weighted by molar-refractivity contribution is 0.0695. The quantitative estimate of drug-likeness (QED) is 0.881. The van der Waals surface area contributed by atoms with Gasteiger partial charge in [-0.1, -0.05) is 6.07 Å². The minimum absolute atomic E-state index is 0.198. The summed E-state index contributed by atoms with van der Waals surface area (Å²) in [6.45, 7) is 11.6. The average molecular weight is 328 g/mol. The fraction of sp³-hybridized carbons (Fsp3) is 0.368. The smallest absolute Gasteiger partial charge is 0.336 e. The van der Waals surface area contributed by atoms with Crippen molar-refractivity contribution in [2.75, 3.05) is 5.32 Å². The molecule has 1 aromatic heterocycles. The Balaban J connectivity index is 2.39. The maximum atomic E-state index is 12.7. The van der Waals surface area contributed by atoms with Crippen LogP contribution in [0, 0.1) is 27.7 Å². The van der Waals surface area contributed by atoms with E-state index in [0.29, 0.717) is 16.8 Å². The van der Waals surface area contributed by atoms with Crippen molar-refractivity contribution in [1.82, 2.24) is 4.57 Å². The molecule has 0 saturated carbocycles. The number of anilines is 1. The summed E-state index contributed by atoms with van der Waals surface area (Å²) < 4.78 is 2.11. The van der Waals surface area contributed by atoms with Gasteiger partial charge in [-0.15, -0.1) is 0 Å². The van der Waals surface area contributed by atoms with E-state index in [1.165, 1.54) is 6.07 Å². The number of rotatable bonds is 4. The number of carbonyl (C=O) groups is 2. The van der Waals surface area contributed by atoms with Gasteiger partial charge in [0.15, 0.2) is 0 Å². The molecule has 2 rings (SSSR count). The van der Waals surface area contributed by atoms with Crippen molar-refractivity contribution in [1.29, 1.82) is 0 Å². The highest BCUT2D eigenvalue weighted by Crippen LogP contribution is 2.24. The van der Waals surface area contributed by atoms with Gasteiger partial charge in [0.25, 0.3) is 5.91 Å². The Bertz CT molecular complexity index is 817. The molecule has 1 amide bonds. The number of carboxylic acids is 1. The normalized spacial score (nSPS) is 11.0. The number of benzene rings is 1. The van der Waals surface area contributed by atoms with E-state index in [9.17, 15) is 14.7 Å². The van der Waals surface area contributed by atoms with Crippen LogP contribution in [-0.4, -0.2) is 21.6 Å². The van der Waals surface area contributed by atoms with Crippen LogP contribution < -0.4 is 5.32 Å². The molecule has 5 heteroatoms. The Labute approximate surface area is 142 Å². The minimum Gasteiger partial charge on any atom is -0.478 e. The zero-order valence-corrected chi connectivity index (χ0v) is 15.0. The Hall–Kier alpha value is -2.56. The van der Waals surface area contributed by atoms with Gasteiger partial charge in [-0.3, -0.25) is 4.79 Å². The van der Waals surface area contributed by atoms with Crippen molar-refractivity contribution >= 4 is 17.6 Å². The molecule has 2 aromatic rings. The molecule has 0 unspecified atom stereocenters. The van der Waals surface area contributed by atoms with Crippen molar-refractivity contribution in [3.8, 4) is 0 Å². The number of nitrogens with one attached hydrogen (secondary N) is 1. The van der Waals surface area contributed by atoms with Gasteiger partial charge < -0.3 is 15.0 Å². The maximum Gasteiger partial charge on any atom is 0.336 e. The molecular formula is C19H24N2O3. The fourth-order valence-corrected chi connectivity index (χ4v) is 3.21. The molecular weight excluding hydrogens is 304 g/mol. The lowest BCUT2D eigenvalue weighted by Gasteiger charge is -2.14. The van der Waals surface area contributed by atoms with Crippen LogP contribution in [-0.2, 0) is 0 Å². The van der Waals surface area contributed by atoms with Crippen molar-refractivity contribution in [3.05, 3.63) is 51.8 Å². The van der Waals surface area contributed by atoms with E-state index in [2.05, 4.69) is 23.7 Å². The van der Waals surface area contributed by atoms with Crippen molar-refractivity contribution in [2.45, 2.75) is 47.6 Å². The number of aryl methyl sites for hydroxylation is 3. The Kier molecular flexibility index (Phi) is 4.83. The average Bonchev–Trinajstić information content (AvgIpc) is 2.76. The summed E-state index contributed by atoms with van der Waals surface area (Å²) in [6, 6.07) is 5.43. The van der Waals surface area contributed by atoms with E-state index >= 15 is 0 Å². The van der Waals surface area contributed by atoms with E-state index in [0.717, 1.165) is 17.0 Å². The molecule has 0 atom stereocenters. The van der Waals surface area contributed by atoms with Crippen LogP contribution in [0.3, 0.4) is 0 Å². The largest absolute Gasteiger partial charge is 0.478 e. The molecule has 0 fully saturated rings. The molecule has 1 heterocycles. The topological polar surface area (TPSA) is 71.3 Å². The van der Waals surface area contributed by atoms with Gasteiger partial charge in [0.2, 0.25) is 0 Å². The Morgan fingerprint density at radius 3 is 2.12 bits per heavy atom. The number of amides is 1. The van der Waals surface area contributed by atoms with Crippen LogP contribution in [0.2, 0.25) is 0 Å². The van der Waals surface area contributed by atoms with E-state index in [-0.39, 0.29) is 17.5 Å². The van der Waals surface area contributed by atoms with E-state index in [4.69, 9.17) is 0 Å². The van der Waals surface area contributed by atoms with Crippen LogP contribution in [0.1, 0.15) is 63.1 Å². The second-order valence-electron chi connectivity index (χ2n) is 6.49. The molecule has 0 bridgehead atoms. The van der Waals surface area contributed by atoms with Gasteiger partial charge in [-0.25, -0.2) is 4.79 Å². The van der Waals surface area contributed by atoms with E-state index < -0.39 is 5.97 Å². The monoisotopic (exact) mass is 328 g/mol. The number of aromatic carboxylic acids is 1. The van der Waals surface area contributed by atoms with Crippen molar-refractivity contribution in [3.63, 3.8) is 0 Å². The van der Waals surface area contributed by atoms with Crippen LogP contribution in [0.25, 0.3) is 0 Å². The molecule has 5 nitrogen and oxygen atoms in total. The molecule has 2 N–H and O–H groups in total. The van der Waals surface area contributed by atoms with Crippen LogP contribution in [0.4, 0.5) is 5.69 Å². The predicted octanol–water partition coefficient (Wildman–Crippen LogP) is 4.25. The standard InChI is InChI=1S/C19H24N2O3/c1-10(2)21-13(5)8-16(14(21)6)18(22)20-17-9-15(19(23)24)11(3)7-12(17)4/h7-10H,1-6H3,(H,20,22)(H,23,24). The van der Waals surface area contributed by atoms with Gasteiger partial charge in [-0.2, -0.15) is 0 Å². The summed E-state index contributed by atoms with van der Waals surface area (Å²) in [6.07, 6.45) is 0. The molecule has 0 radical (unpaired) electrons.